The molecule has 0 atom stereocenters. The second-order valence-electron chi connectivity index (χ2n) is 5.37. The largest absolute Gasteiger partial charge is 0.496 e. The zero-order chi connectivity index (χ0) is 16.4. The van der Waals surface area contributed by atoms with Crippen LogP contribution < -0.4 is 14.8 Å². The lowest BCUT2D eigenvalue weighted by Crippen LogP contribution is -2.25. The SMILES string of the molecule is COc1cccc(OC)c1C(=O)Nc1nc2c(s1)CN(C)CC2. The number of hydrogen-bond donors (Lipinski definition) is 1. The third kappa shape index (κ3) is 3.16. The van der Waals surface area contributed by atoms with Crippen LogP contribution >= 0.6 is 11.3 Å². The van der Waals surface area contributed by atoms with Crippen molar-refractivity contribution in [2.45, 2.75) is 13.0 Å². The highest BCUT2D eigenvalue weighted by Gasteiger charge is 2.22. The quantitative estimate of drug-likeness (QED) is 0.931. The molecule has 7 heteroatoms. The van der Waals surface area contributed by atoms with Crippen LogP contribution in [0.5, 0.6) is 11.5 Å². The fourth-order valence-electron chi connectivity index (χ4n) is 2.61. The van der Waals surface area contributed by atoms with E-state index in [9.17, 15) is 4.79 Å². The number of nitrogens with one attached hydrogen (secondary N) is 1. The van der Waals surface area contributed by atoms with Gasteiger partial charge < -0.3 is 14.4 Å². The second kappa shape index (κ2) is 6.55. The summed E-state index contributed by atoms with van der Waals surface area (Å²) >= 11 is 1.52. The Morgan fingerprint density at radius 3 is 2.65 bits per heavy atom. The normalized spacial score (nSPS) is 14.2. The molecule has 0 aliphatic carbocycles. The molecule has 0 fully saturated rings. The van der Waals surface area contributed by atoms with Gasteiger partial charge in [0.15, 0.2) is 5.13 Å². The summed E-state index contributed by atoms with van der Waals surface area (Å²) in [6.45, 7) is 1.87. The average Bonchev–Trinajstić information content (AvgIpc) is 2.94. The van der Waals surface area contributed by atoms with E-state index in [1.807, 2.05) is 0 Å². The molecule has 1 aromatic carbocycles. The zero-order valence-corrected chi connectivity index (χ0v) is 14.2. The summed E-state index contributed by atoms with van der Waals surface area (Å²) in [6.07, 6.45) is 0.913. The summed E-state index contributed by atoms with van der Waals surface area (Å²) in [5.41, 5.74) is 1.46. The van der Waals surface area contributed by atoms with Gasteiger partial charge in [-0.15, -0.1) is 11.3 Å². The van der Waals surface area contributed by atoms with Crippen LogP contribution in [0.1, 0.15) is 20.9 Å². The second-order valence-corrected chi connectivity index (χ2v) is 6.45. The fourth-order valence-corrected chi connectivity index (χ4v) is 3.69. The van der Waals surface area contributed by atoms with Crippen LogP contribution in [0.4, 0.5) is 5.13 Å². The van der Waals surface area contributed by atoms with Gasteiger partial charge in [-0.25, -0.2) is 4.98 Å². The van der Waals surface area contributed by atoms with Gasteiger partial charge in [-0.1, -0.05) is 6.07 Å². The Balaban J connectivity index is 1.85. The summed E-state index contributed by atoms with van der Waals surface area (Å²) in [4.78, 5) is 20.6. The molecule has 0 saturated carbocycles. The van der Waals surface area contributed by atoms with Gasteiger partial charge in [-0.3, -0.25) is 10.1 Å². The molecule has 2 aromatic rings. The van der Waals surface area contributed by atoms with Gasteiger partial charge in [-0.2, -0.15) is 0 Å². The maximum Gasteiger partial charge on any atom is 0.265 e. The number of likely N-dealkylation sites (N-methyl/N-ethyl adjacent to an activating group) is 1. The minimum absolute atomic E-state index is 0.279. The number of carbonyl (C=O) groups excluding carboxylic acids is 1. The molecule has 3 rings (SSSR count). The molecule has 23 heavy (non-hydrogen) atoms. The fraction of sp³-hybridized carbons (Fsp3) is 0.375. The molecule has 1 N–H and O–H groups in total. The number of methoxy groups -OCH3 is 2. The molecule has 0 radical (unpaired) electrons. The molecule has 1 amide bonds. The Bertz CT molecular complexity index is 707. The topological polar surface area (TPSA) is 63.7 Å². The maximum atomic E-state index is 12.6. The van der Waals surface area contributed by atoms with Crippen molar-refractivity contribution in [1.29, 1.82) is 0 Å². The predicted molar refractivity (Wildman–Crippen MR) is 89.7 cm³/mol. The first kappa shape index (κ1) is 15.8. The predicted octanol–water partition coefficient (Wildman–Crippen LogP) is 2.40. The first-order chi connectivity index (χ1) is 11.1. The smallest absolute Gasteiger partial charge is 0.265 e. The van der Waals surface area contributed by atoms with E-state index in [1.54, 1.807) is 18.2 Å². The number of hydrogen-bond acceptors (Lipinski definition) is 6. The number of nitrogens with zero attached hydrogens (tertiary/aromatic N) is 2. The monoisotopic (exact) mass is 333 g/mol. The molecule has 6 nitrogen and oxygen atoms in total. The standard InChI is InChI=1S/C16H19N3O3S/c1-19-8-7-10-13(9-19)23-16(17-10)18-15(20)14-11(21-2)5-4-6-12(14)22-3/h4-6H,7-9H2,1-3H3,(H,17,18,20). The molecule has 1 aliphatic heterocycles. The van der Waals surface area contributed by atoms with Gasteiger partial charge in [0.05, 0.1) is 19.9 Å². The minimum Gasteiger partial charge on any atom is -0.496 e. The van der Waals surface area contributed by atoms with Crippen molar-refractivity contribution in [3.63, 3.8) is 0 Å². The van der Waals surface area contributed by atoms with E-state index in [0.29, 0.717) is 22.2 Å². The van der Waals surface area contributed by atoms with E-state index in [2.05, 4.69) is 22.2 Å². The number of amides is 1. The Hall–Kier alpha value is -2.12. The van der Waals surface area contributed by atoms with Gasteiger partial charge in [0.2, 0.25) is 0 Å². The van der Waals surface area contributed by atoms with Crippen molar-refractivity contribution in [2.75, 3.05) is 33.1 Å². The number of aromatic nitrogens is 1. The molecule has 122 valence electrons. The van der Waals surface area contributed by atoms with E-state index >= 15 is 0 Å². The van der Waals surface area contributed by atoms with E-state index in [-0.39, 0.29) is 5.91 Å². The van der Waals surface area contributed by atoms with Crippen LogP contribution in [0, 0.1) is 0 Å². The number of rotatable bonds is 4. The molecule has 2 heterocycles. The van der Waals surface area contributed by atoms with E-state index in [4.69, 9.17) is 9.47 Å². The molecule has 0 bridgehead atoms. The lowest BCUT2D eigenvalue weighted by molar-refractivity contribution is 0.102. The van der Waals surface area contributed by atoms with Gasteiger partial charge in [0.1, 0.15) is 17.1 Å². The van der Waals surface area contributed by atoms with E-state index < -0.39 is 0 Å². The lowest BCUT2D eigenvalue weighted by Gasteiger charge is -2.20. The van der Waals surface area contributed by atoms with Crippen molar-refractivity contribution in [3.05, 3.63) is 34.3 Å². The average molecular weight is 333 g/mol. The molecule has 0 unspecified atom stereocenters. The summed E-state index contributed by atoms with van der Waals surface area (Å²) in [5.74, 6) is 0.671. The minimum atomic E-state index is -0.279. The number of anilines is 1. The number of benzene rings is 1. The Morgan fingerprint density at radius 1 is 1.30 bits per heavy atom. The third-order valence-corrected chi connectivity index (χ3v) is 4.80. The summed E-state index contributed by atoms with van der Waals surface area (Å²) in [7, 11) is 5.15. The van der Waals surface area contributed by atoms with Crippen molar-refractivity contribution >= 4 is 22.4 Å². The number of thiazole rings is 1. The lowest BCUT2D eigenvalue weighted by atomic mass is 10.1. The van der Waals surface area contributed by atoms with Crippen LogP contribution in [0.25, 0.3) is 0 Å². The van der Waals surface area contributed by atoms with Crippen molar-refractivity contribution in [2.24, 2.45) is 0 Å². The number of fused-ring (bicyclic) bond motifs is 1. The van der Waals surface area contributed by atoms with Crippen molar-refractivity contribution in [3.8, 4) is 11.5 Å². The van der Waals surface area contributed by atoms with Crippen LogP contribution in [0.2, 0.25) is 0 Å². The van der Waals surface area contributed by atoms with Crippen LogP contribution in [0.15, 0.2) is 18.2 Å². The highest BCUT2D eigenvalue weighted by atomic mass is 32.1. The third-order valence-electron chi connectivity index (χ3n) is 3.80. The highest BCUT2D eigenvalue weighted by molar-refractivity contribution is 7.15. The summed E-state index contributed by atoms with van der Waals surface area (Å²) in [6, 6.07) is 5.25. The van der Waals surface area contributed by atoms with Crippen LogP contribution in [-0.2, 0) is 13.0 Å². The maximum absolute atomic E-state index is 12.6. The van der Waals surface area contributed by atoms with Crippen LogP contribution in [0.3, 0.4) is 0 Å². The molecule has 1 aromatic heterocycles. The molecule has 1 aliphatic rings. The van der Waals surface area contributed by atoms with Gasteiger partial charge in [0, 0.05) is 24.4 Å². The molecular weight excluding hydrogens is 314 g/mol. The van der Waals surface area contributed by atoms with Gasteiger partial charge in [0.25, 0.3) is 5.91 Å². The molecule has 0 spiro atoms. The Morgan fingerprint density at radius 2 is 2.00 bits per heavy atom. The first-order valence-corrected chi connectivity index (χ1v) is 8.13. The first-order valence-electron chi connectivity index (χ1n) is 7.32. The summed E-state index contributed by atoms with van der Waals surface area (Å²) in [5, 5.41) is 3.48. The van der Waals surface area contributed by atoms with Crippen molar-refractivity contribution < 1.29 is 14.3 Å². The molecule has 0 saturated heterocycles. The highest BCUT2D eigenvalue weighted by Crippen LogP contribution is 2.31. The van der Waals surface area contributed by atoms with Gasteiger partial charge >= 0.3 is 0 Å². The Kier molecular flexibility index (Phi) is 4.49. The summed E-state index contributed by atoms with van der Waals surface area (Å²) < 4.78 is 10.6. The van der Waals surface area contributed by atoms with Gasteiger partial charge in [-0.05, 0) is 19.2 Å². The number of ether oxygens (including phenoxy) is 2. The van der Waals surface area contributed by atoms with E-state index in [1.165, 1.54) is 30.4 Å². The Labute approximate surface area is 139 Å². The zero-order valence-electron chi connectivity index (χ0n) is 13.4. The number of carbonyl (C=O) groups is 1. The van der Waals surface area contributed by atoms with Crippen molar-refractivity contribution in [1.82, 2.24) is 9.88 Å². The van der Waals surface area contributed by atoms with E-state index in [0.717, 1.165) is 25.2 Å². The molecular formula is C16H19N3O3S. The van der Waals surface area contributed by atoms with Crippen LogP contribution in [-0.4, -0.2) is 43.6 Å².